The lowest BCUT2D eigenvalue weighted by molar-refractivity contribution is 0.239. The normalized spacial score (nSPS) is 25.8. The largest absolute Gasteiger partial charge is 0.312 e. The van der Waals surface area contributed by atoms with E-state index < -0.39 is 0 Å². The van der Waals surface area contributed by atoms with Gasteiger partial charge >= 0.3 is 0 Å². The fraction of sp³-hybridized carbons (Fsp3) is 1.00. The highest BCUT2D eigenvalue weighted by Crippen LogP contribution is 2.19. The van der Waals surface area contributed by atoms with Crippen LogP contribution in [-0.4, -0.2) is 36.6 Å². The smallest absolute Gasteiger partial charge is 0.0110 e. The van der Waals surface area contributed by atoms with Gasteiger partial charge in [0, 0.05) is 25.2 Å². The van der Waals surface area contributed by atoms with Crippen molar-refractivity contribution in [3.63, 3.8) is 0 Å². The van der Waals surface area contributed by atoms with E-state index in [1.54, 1.807) is 0 Å². The number of likely N-dealkylation sites (tertiary alicyclic amines) is 1. The summed E-state index contributed by atoms with van der Waals surface area (Å²) in [6, 6.07) is 1.40. The fourth-order valence-electron chi connectivity index (χ4n) is 2.06. The van der Waals surface area contributed by atoms with E-state index in [-0.39, 0.29) is 0 Å². The number of nitrogens with one attached hydrogen (secondary N) is 1. The van der Waals surface area contributed by atoms with Crippen LogP contribution in [0.15, 0.2) is 0 Å². The van der Waals surface area contributed by atoms with Crippen LogP contribution in [0.3, 0.4) is 0 Å². The zero-order valence-corrected chi connectivity index (χ0v) is 11.1. The van der Waals surface area contributed by atoms with Crippen molar-refractivity contribution in [3.05, 3.63) is 0 Å². The molecule has 0 amide bonds. The number of hydrogen-bond acceptors (Lipinski definition) is 2. The molecule has 2 unspecified atom stereocenters. The van der Waals surface area contributed by atoms with Crippen LogP contribution in [0, 0.1) is 5.41 Å². The van der Waals surface area contributed by atoms with Gasteiger partial charge in [-0.2, -0.15) is 0 Å². The minimum absolute atomic E-state index is 0.372. The minimum atomic E-state index is 0.372. The van der Waals surface area contributed by atoms with Gasteiger partial charge in [0.15, 0.2) is 0 Å². The Hall–Kier alpha value is -0.0800. The molecule has 0 aromatic heterocycles. The van der Waals surface area contributed by atoms with Crippen molar-refractivity contribution in [3.8, 4) is 0 Å². The zero-order chi connectivity index (χ0) is 11.5. The van der Waals surface area contributed by atoms with Crippen molar-refractivity contribution in [2.45, 2.75) is 59.5 Å². The van der Waals surface area contributed by atoms with Gasteiger partial charge in [-0.05, 0) is 38.6 Å². The van der Waals surface area contributed by atoms with Crippen molar-refractivity contribution >= 4 is 0 Å². The van der Waals surface area contributed by atoms with E-state index in [0.29, 0.717) is 11.5 Å². The average molecular weight is 212 g/mol. The third-order valence-electron chi connectivity index (χ3n) is 3.84. The SMILES string of the molecule is CC1CCCN1CCNC(C)C(C)(C)C. The first-order valence-electron chi connectivity index (χ1n) is 6.38. The Morgan fingerprint density at radius 1 is 1.40 bits per heavy atom. The fourth-order valence-corrected chi connectivity index (χ4v) is 2.06. The third-order valence-corrected chi connectivity index (χ3v) is 3.84. The van der Waals surface area contributed by atoms with Crippen LogP contribution in [0.25, 0.3) is 0 Å². The Morgan fingerprint density at radius 2 is 2.07 bits per heavy atom. The van der Waals surface area contributed by atoms with Crippen molar-refractivity contribution in [2.24, 2.45) is 5.41 Å². The molecule has 1 N–H and O–H groups in total. The monoisotopic (exact) mass is 212 g/mol. The van der Waals surface area contributed by atoms with E-state index in [1.165, 1.54) is 25.9 Å². The van der Waals surface area contributed by atoms with Gasteiger partial charge in [0.05, 0.1) is 0 Å². The van der Waals surface area contributed by atoms with Gasteiger partial charge in [0.25, 0.3) is 0 Å². The standard InChI is InChI=1S/C13H28N2/c1-11-7-6-9-15(11)10-8-14-12(2)13(3,4)5/h11-12,14H,6-10H2,1-5H3. The molecule has 2 nitrogen and oxygen atoms in total. The van der Waals surface area contributed by atoms with Gasteiger partial charge in [0.2, 0.25) is 0 Å². The van der Waals surface area contributed by atoms with Crippen molar-refractivity contribution in [2.75, 3.05) is 19.6 Å². The summed E-state index contributed by atoms with van der Waals surface area (Å²) in [4.78, 5) is 2.60. The third kappa shape index (κ3) is 4.12. The predicted octanol–water partition coefficient (Wildman–Crippen LogP) is 2.49. The Morgan fingerprint density at radius 3 is 2.53 bits per heavy atom. The molecule has 15 heavy (non-hydrogen) atoms. The highest BCUT2D eigenvalue weighted by molar-refractivity contribution is 4.79. The maximum absolute atomic E-state index is 3.63. The maximum atomic E-state index is 3.63. The van der Waals surface area contributed by atoms with E-state index in [2.05, 4.69) is 44.8 Å². The second-order valence-electron chi connectivity index (χ2n) is 6.07. The first-order valence-corrected chi connectivity index (χ1v) is 6.38. The number of rotatable bonds is 4. The highest BCUT2D eigenvalue weighted by atomic mass is 15.2. The van der Waals surface area contributed by atoms with Crippen molar-refractivity contribution in [1.82, 2.24) is 10.2 Å². The molecule has 0 saturated carbocycles. The average Bonchev–Trinajstić information content (AvgIpc) is 2.50. The van der Waals surface area contributed by atoms with E-state index in [1.807, 2.05) is 0 Å². The molecule has 1 saturated heterocycles. The summed E-state index contributed by atoms with van der Waals surface area (Å²) in [5, 5.41) is 3.63. The van der Waals surface area contributed by atoms with E-state index in [4.69, 9.17) is 0 Å². The van der Waals surface area contributed by atoms with Crippen molar-refractivity contribution < 1.29 is 0 Å². The molecule has 0 radical (unpaired) electrons. The van der Waals surface area contributed by atoms with E-state index in [9.17, 15) is 0 Å². The van der Waals surface area contributed by atoms with Gasteiger partial charge in [0.1, 0.15) is 0 Å². The second-order valence-corrected chi connectivity index (χ2v) is 6.07. The zero-order valence-electron chi connectivity index (χ0n) is 11.1. The van der Waals surface area contributed by atoms with Gasteiger partial charge in [-0.3, -0.25) is 4.90 Å². The summed E-state index contributed by atoms with van der Waals surface area (Å²) in [6.45, 7) is 15.2. The minimum Gasteiger partial charge on any atom is -0.312 e. The first kappa shape index (κ1) is 13.0. The summed E-state index contributed by atoms with van der Waals surface area (Å²) < 4.78 is 0. The summed E-state index contributed by atoms with van der Waals surface area (Å²) in [7, 11) is 0. The van der Waals surface area contributed by atoms with Crippen LogP contribution < -0.4 is 5.32 Å². The Kier molecular flexibility index (Phi) is 4.60. The summed E-state index contributed by atoms with van der Waals surface area (Å²) in [6.07, 6.45) is 2.77. The summed E-state index contributed by atoms with van der Waals surface area (Å²) >= 11 is 0. The molecule has 1 fully saturated rings. The molecule has 1 aliphatic heterocycles. The highest BCUT2D eigenvalue weighted by Gasteiger charge is 2.21. The van der Waals surface area contributed by atoms with Crippen LogP contribution >= 0.6 is 0 Å². The molecule has 0 aromatic rings. The predicted molar refractivity (Wildman–Crippen MR) is 67.2 cm³/mol. The molecule has 1 heterocycles. The van der Waals surface area contributed by atoms with Gasteiger partial charge in [-0.25, -0.2) is 0 Å². The van der Waals surface area contributed by atoms with E-state index in [0.717, 1.165) is 12.6 Å². The second kappa shape index (κ2) is 5.31. The van der Waals surface area contributed by atoms with Crippen LogP contribution in [0.4, 0.5) is 0 Å². The Balaban J connectivity index is 2.16. The molecule has 0 bridgehead atoms. The molecule has 1 rings (SSSR count). The van der Waals surface area contributed by atoms with Crippen molar-refractivity contribution in [1.29, 1.82) is 0 Å². The van der Waals surface area contributed by atoms with Gasteiger partial charge < -0.3 is 5.32 Å². The van der Waals surface area contributed by atoms with Crippen LogP contribution in [0.5, 0.6) is 0 Å². The lowest BCUT2D eigenvalue weighted by atomic mass is 9.88. The van der Waals surface area contributed by atoms with Crippen LogP contribution in [0.2, 0.25) is 0 Å². The molecule has 90 valence electrons. The van der Waals surface area contributed by atoms with Crippen LogP contribution in [-0.2, 0) is 0 Å². The summed E-state index contributed by atoms with van der Waals surface area (Å²) in [5.41, 5.74) is 0.372. The lowest BCUT2D eigenvalue weighted by Gasteiger charge is -2.29. The van der Waals surface area contributed by atoms with E-state index >= 15 is 0 Å². The molecule has 0 spiro atoms. The topological polar surface area (TPSA) is 15.3 Å². The first-order chi connectivity index (χ1) is 6.91. The number of nitrogens with zero attached hydrogens (tertiary/aromatic N) is 1. The number of hydrogen-bond donors (Lipinski definition) is 1. The van der Waals surface area contributed by atoms with Gasteiger partial charge in [-0.1, -0.05) is 20.8 Å². The maximum Gasteiger partial charge on any atom is 0.0110 e. The molecule has 2 heteroatoms. The molecular weight excluding hydrogens is 184 g/mol. The molecule has 0 aromatic carbocycles. The molecule has 0 aliphatic carbocycles. The molecular formula is C13H28N2. The van der Waals surface area contributed by atoms with Crippen LogP contribution in [0.1, 0.15) is 47.5 Å². The molecule has 2 atom stereocenters. The lowest BCUT2D eigenvalue weighted by Crippen LogP contribution is -2.42. The summed E-state index contributed by atoms with van der Waals surface area (Å²) in [5.74, 6) is 0. The molecule has 1 aliphatic rings. The quantitative estimate of drug-likeness (QED) is 0.770. The van der Waals surface area contributed by atoms with Gasteiger partial charge in [-0.15, -0.1) is 0 Å². The Labute approximate surface area is 95.4 Å². The Bertz CT molecular complexity index is 181.